The average molecular weight is 373 g/mol. The molecule has 1 N–H and O–H groups in total. The zero-order valence-corrected chi connectivity index (χ0v) is 15.9. The van der Waals surface area contributed by atoms with Gasteiger partial charge in [-0.25, -0.2) is 9.69 Å². The highest BCUT2D eigenvalue weighted by atomic mass is 16.5. The lowest BCUT2D eigenvalue weighted by Gasteiger charge is -2.33. The first-order valence-corrected chi connectivity index (χ1v) is 9.60. The molecular formula is C20H27N3O4. The van der Waals surface area contributed by atoms with E-state index in [1.807, 2.05) is 42.2 Å². The lowest BCUT2D eigenvalue weighted by molar-refractivity contribution is -0.150. The third-order valence-corrected chi connectivity index (χ3v) is 5.52. The van der Waals surface area contributed by atoms with Gasteiger partial charge in [-0.3, -0.25) is 14.5 Å². The molecule has 0 aliphatic carbocycles. The number of esters is 1. The lowest BCUT2D eigenvalue weighted by Crippen LogP contribution is -2.47. The second-order valence-corrected chi connectivity index (χ2v) is 7.07. The molecule has 3 amide bonds. The molecule has 27 heavy (non-hydrogen) atoms. The van der Waals surface area contributed by atoms with E-state index in [1.165, 1.54) is 4.90 Å². The predicted molar refractivity (Wildman–Crippen MR) is 99.6 cm³/mol. The van der Waals surface area contributed by atoms with Gasteiger partial charge in [0.1, 0.15) is 5.54 Å². The third kappa shape index (κ3) is 3.69. The van der Waals surface area contributed by atoms with Gasteiger partial charge < -0.3 is 10.1 Å². The Morgan fingerprint density at radius 2 is 1.85 bits per heavy atom. The van der Waals surface area contributed by atoms with Gasteiger partial charge in [-0.2, -0.15) is 0 Å². The van der Waals surface area contributed by atoms with Gasteiger partial charge in [0.25, 0.3) is 5.91 Å². The Morgan fingerprint density at radius 1 is 1.19 bits per heavy atom. The van der Waals surface area contributed by atoms with Crippen LogP contribution in [-0.4, -0.2) is 54.1 Å². The maximum Gasteiger partial charge on any atom is 0.326 e. The minimum atomic E-state index is -0.998. The van der Waals surface area contributed by atoms with Crippen LogP contribution in [0.15, 0.2) is 30.3 Å². The number of likely N-dealkylation sites (tertiary alicyclic amines) is 1. The van der Waals surface area contributed by atoms with Crippen LogP contribution in [-0.2, 0) is 19.9 Å². The van der Waals surface area contributed by atoms with Crippen LogP contribution in [0, 0.1) is 5.92 Å². The van der Waals surface area contributed by atoms with E-state index in [0.717, 1.165) is 5.56 Å². The molecular weight excluding hydrogens is 346 g/mol. The number of carbonyl (C=O) groups excluding carboxylic acids is 3. The minimum absolute atomic E-state index is 0.0941. The zero-order chi connectivity index (χ0) is 19.4. The summed E-state index contributed by atoms with van der Waals surface area (Å²) in [5.74, 6) is -0.460. The number of hydrogen-bond acceptors (Lipinski definition) is 5. The highest BCUT2D eigenvalue weighted by Gasteiger charge is 2.51. The molecule has 1 aromatic carbocycles. The summed E-state index contributed by atoms with van der Waals surface area (Å²) in [7, 11) is 0. The topological polar surface area (TPSA) is 79.0 Å². The first-order valence-electron chi connectivity index (χ1n) is 9.60. The predicted octanol–water partition coefficient (Wildman–Crippen LogP) is 2.08. The second kappa shape index (κ2) is 8.08. The number of benzene rings is 1. The largest absolute Gasteiger partial charge is 0.466 e. The summed E-state index contributed by atoms with van der Waals surface area (Å²) in [4.78, 5) is 40.9. The molecule has 0 radical (unpaired) electrons. The molecule has 0 bridgehead atoms. The summed E-state index contributed by atoms with van der Waals surface area (Å²) < 4.78 is 5.09. The Hall–Kier alpha value is -2.41. The average Bonchev–Trinajstić information content (AvgIpc) is 2.94. The fraction of sp³-hybridized carbons (Fsp3) is 0.550. The van der Waals surface area contributed by atoms with Crippen molar-refractivity contribution in [1.82, 2.24) is 15.1 Å². The van der Waals surface area contributed by atoms with E-state index < -0.39 is 5.54 Å². The summed E-state index contributed by atoms with van der Waals surface area (Å²) in [5.41, 5.74) is -0.198. The van der Waals surface area contributed by atoms with Crippen LogP contribution in [0.25, 0.3) is 0 Å². The monoisotopic (exact) mass is 373 g/mol. The van der Waals surface area contributed by atoms with Gasteiger partial charge in [0.05, 0.1) is 19.2 Å². The van der Waals surface area contributed by atoms with Crippen molar-refractivity contribution in [3.63, 3.8) is 0 Å². The molecule has 7 heteroatoms. The fourth-order valence-corrected chi connectivity index (χ4v) is 3.89. The second-order valence-electron chi connectivity index (χ2n) is 7.07. The van der Waals surface area contributed by atoms with Crippen LogP contribution in [0.2, 0.25) is 0 Å². The molecule has 1 aromatic rings. The number of carbonyl (C=O) groups is 3. The van der Waals surface area contributed by atoms with Crippen LogP contribution in [0.5, 0.6) is 0 Å². The number of amides is 3. The first-order chi connectivity index (χ1) is 13.0. The Balaban J connectivity index is 1.66. The van der Waals surface area contributed by atoms with Crippen molar-refractivity contribution in [1.29, 1.82) is 0 Å². The van der Waals surface area contributed by atoms with Crippen molar-refractivity contribution in [3.8, 4) is 0 Å². The van der Waals surface area contributed by atoms with E-state index >= 15 is 0 Å². The van der Waals surface area contributed by atoms with E-state index in [4.69, 9.17) is 4.74 Å². The molecule has 1 atom stereocenters. The summed E-state index contributed by atoms with van der Waals surface area (Å²) in [5, 5.41) is 2.90. The number of urea groups is 1. The molecule has 2 saturated heterocycles. The molecule has 146 valence electrons. The fourth-order valence-electron chi connectivity index (χ4n) is 3.89. The SMILES string of the molecule is CCOC(=O)C1CCN(CN2C(=O)N[C@@](CC)(c3ccccc3)C2=O)CC1. The quantitative estimate of drug-likeness (QED) is 0.610. The normalized spacial score (nSPS) is 24.1. The zero-order valence-electron chi connectivity index (χ0n) is 15.9. The molecule has 2 heterocycles. The number of nitrogens with zero attached hydrogens (tertiary/aromatic N) is 2. The van der Waals surface area contributed by atoms with Crippen LogP contribution in [0.4, 0.5) is 4.79 Å². The molecule has 0 aromatic heterocycles. The number of ether oxygens (including phenoxy) is 1. The summed E-state index contributed by atoms with van der Waals surface area (Å²) >= 11 is 0. The molecule has 2 fully saturated rings. The highest BCUT2D eigenvalue weighted by Crippen LogP contribution is 2.32. The number of rotatable bonds is 6. The van der Waals surface area contributed by atoms with Gasteiger partial charge in [-0.1, -0.05) is 37.3 Å². The summed E-state index contributed by atoms with van der Waals surface area (Å²) in [6, 6.07) is 9.01. The van der Waals surface area contributed by atoms with Crippen molar-refractivity contribution >= 4 is 17.9 Å². The van der Waals surface area contributed by atoms with Gasteiger partial charge in [0.15, 0.2) is 0 Å². The van der Waals surface area contributed by atoms with Gasteiger partial charge in [0.2, 0.25) is 0 Å². The Kier molecular flexibility index (Phi) is 5.79. The number of nitrogens with one attached hydrogen (secondary N) is 1. The van der Waals surface area contributed by atoms with Crippen molar-refractivity contribution in [2.24, 2.45) is 5.92 Å². The first kappa shape index (κ1) is 19.4. The van der Waals surface area contributed by atoms with Crippen LogP contribution >= 0.6 is 0 Å². The van der Waals surface area contributed by atoms with Gasteiger partial charge in [-0.15, -0.1) is 0 Å². The van der Waals surface area contributed by atoms with Crippen LogP contribution in [0.1, 0.15) is 38.7 Å². The van der Waals surface area contributed by atoms with Crippen molar-refractivity contribution < 1.29 is 19.1 Å². The summed E-state index contributed by atoms with van der Waals surface area (Å²) in [6.45, 7) is 5.65. The molecule has 0 saturated carbocycles. The van der Waals surface area contributed by atoms with Crippen LogP contribution in [0.3, 0.4) is 0 Å². The molecule has 7 nitrogen and oxygen atoms in total. The van der Waals surface area contributed by atoms with E-state index in [1.54, 1.807) is 6.92 Å². The number of imide groups is 1. The maximum atomic E-state index is 13.1. The maximum absolute atomic E-state index is 13.1. The molecule has 0 unspecified atom stereocenters. The number of piperidine rings is 1. The van der Waals surface area contributed by atoms with Crippen LogP contribution < -0.4 is 5.32 Å². The van der Waals surface area contributed by atoms with Gasteiger partial charge in [0, 0.05) is 13.1 Å². The molecule has 3 rings (SSSR count). The number of hydrogen-bond donors (Lipinski definition) is 1. The molecule has 2 aliphatic rings. The van der Waals surface area contributed by atoms with Gasteiger partial charge >= 0.3 is 12.0 Å². The Bertz CT molecular complexity index is 700. The summed E-state index contributed by atoms with van der Waals surface area (Å²) in [6.07, 6.45) is 1.85. The highest BCUT2D eigenvalue weighted by molar-refractivity contribution is 6.07. The third-order valence-electron chi connectivity index (χ3n) is 5.52. The van der Waals surface area contributed by atoms with E-state index in [-0.39, 0.29) is 30.5 Å². The minimum Gasteiger partial charge on any atom is -0.466 e. The molecule has 0 spiro atoms. The van der Waals surface area contributed by atoms with Gasteiger partial charge in [-0.05, 0) is 31.7 Å². The van der Waals surface area contributed by atoms with E-state index in [9.17, 15) is 14.4 Å². The Morgan fingerprint density at radius 3 is 2.44 bits per heavy atom. The van der Waals surface area contributed by atoms with E-state index in [2.05, 4.69) is 5.32 Å². The smallest absolute Gasteiger partial charge is 0.326 e. The molecule has 2 aliphatic heterocycles. The van der Waals surface area contributed by atoms with E-state index in [0.29, 0.717) is 39.0 Å². The lowest BCUT2D eigenvalue weighted by atomic mass is 9.87. The Labute approximate surface area is 159 Å². The van der Waals surface area contributed by atoms with Crippen molar-refractivity contribution in [2.45, 2.75) is 38.6 Å². The standard InChI is InChI=1S/C20H27N3O4/c1-3-20(16-8-6-5-7-9-16)18(25)23(19(26)21-20)14-22-12-10-15(11-13-22)17(24)27-4-2/h5-9,15H,3-4,10-14H2,1-2H3,(H,21,26)/t20-/m0/s1. The van der Waals surface area contributed by atoms with Crippen molar-refractivity contribution in [2.75, 3.05) is 26.4 Å². The van der Waals surface area contributed by atoms with Crippen molar-refractivity contribution in [3.05, 3.63) is 35.9 Å².